The van der Waals surface area contributed by atoms with Crippen molar-refractivity contribution in [2.45, 2.75) is 0 Å². The Morgan fingerprint density at radius 2 is 1.93 bits per heavy atom. The molecule has 0 spiro atoms. The smallest absolute Gasteiger partial charge is 0.341 e. The summed E-state index contributed by atoms with van der Waals surface area (Å²) in [6, 6.07) is 20.2. The molecule has 5 N–H and O–H groups in total. The van der Waals surface area contributed by atoms with Gasteiger partial charge in [-0.05, 0) is 54.6 Å². The highest BCUT2D eigenvalue weighted by molar-refractivity contribution is 5.94. The number of aliphatic carboxylic acids is 1. The number of benzene rings is 3. The van der Waals surface area contributed by atoms with E-state index in [0.29, 0.717) is 22.8 Å². The molecule has 30 heavy (non-hydrogen) atoms. The molecule has 0 saturated heterocycles. The fourth-order valence-electron chi connectivity index (χ4n) is 3.10. The summed E-state index contributed by atoms with van der Waals surface area (Å²) in [7, 11) is 0. The fraction of sp³-hybridized carbons (Fsp3) is 0.0455. The number of nitrogens with zero attached hydrogens (tertiary/aromatic N) is 2. The molecule has 0 amide bonds. The van der Waals surface area contributed by atoms with E-state index in [1.807, 2.05) is 42.5 Å². The van der Waals surface area contributed by atoms with Crippen LogP contribution in [0.2, 0.25) is 0 Å². The summed E-state index contributed by atoms with van der Waals surface area (Å²) in [5.41, 5.74) is 9.52. The minimum absolute atomic E-state index is 0.391. The topological polar surface area (TPSA) is 126 Å². The van der Waals surface area contributed by atoms with Crippen molar-refractivity contribution >= 4 is 40.3 Å². The van der Waals surface area contributed by atoms with E-state index in [9.17, 15) is 4.79 Å². The van der Waals surface area contributed by atoms with Crippen LogP contribution in [0, 0.1) is 5.41 Å². The van der Waals surface area contributed by atoms with Gasteiger partial charge in [0.15, 0.2) is 12.4 Å². The standard InChI is InChI=1S/C22H19N5O3/c23-12-14-11-15(5-10-19(14)24)25-22-18-3-1-2-4-20(18)27(26-22)16-6-8-17(9-7-16)30-13-21(28)29/h1-12,23H,13,24H2,(H,25,26)(H,28,29). The van der Waals surface area contributed by atoms with Gasteiger partial charge < -0.3 is 26.3 Å². The highest BCUT2D eigenvalue weighted by Crippen LogP contribution is 2.29. The summed E-state index contributed by atoms with van der Waals surface area (Å²) in [6.45, 7) is -0.391. The Labute approximate surface area is 172 Å². The first-order valence-electron chi connectivity index (χ1n) is 9.15. The summed E-state index contributed by atoms with van der Waals surface area (Å²) >= 11 is 0. The second-order valence-corrected chi connectivity index (χ2v) is 6.57. The number of aromatic nitrogens is 2. The summed E-state index contributed by atoms with van der Waals surface area (Å²) in [4.78, 5) is 10.7. The number of nitrogens with two attached hydrogens (primary N) is 1. The molecule has 0 aliphatic rings. The SMILES string of the molecule is N=Cc1cc(Nc2nn(-c3ccc(OCC(=O)O)cc3)c3ccccc23)ccc1N. The van der Waals surface area contributed by atoms with Gasteiger partial charge in [-0.15, -0.1) is 5.10 Å². The van der Waals surface area contributed by atoms with Crippen LogP contribution in [0.5, 0.6) is 5.75 Å². The van der Waals surface area contributed by atoms with Gasteiger partial charge in [-0.1, -0.05) is 12.1 Å². The molecule has 8 nitrogen and oxygen atoms in total. The van der Waals surface area contributed by atoms with Crippen molar-refractivity contribution in [3.05, 3.63) is 72.3 Å². The predicted octanol–water partition coefficient (Wildman–Crippen LogP) is 3.81. The highest BCUT2D eigenvalue weighted by atomic mass is 16.5. The summed E-state index contributed by atoms with van der Waals surface area (Å²) < 4.78 is 6.99. The van der Waals surface area contributed by atoms with Crippen molar-refractivity contribution in [1.29, 1.82) is 5.41 Å². The van der Waals surface area contributed by atoms with Crippen molar-refractivity contribution < 1.29 is 14.6 Å². The summed E-state index contributed by atoms with van der Waals surface area (Å²) in [6.07, 6.45) is 1.21. The third-order valence-electron chi connectivity index (χ3n) is 4.54. The van der Waals surface area contributed by atoms with Crippen molar-refractivity contribution in [3.63, 3.8) is 0 Å². The zero-order valence-electron chi connectivity index (χ0n) is 15.9. The molecule has 0 unspecified atom stereocenters. The number of rotatable bonds is 7. The van der Waals surface area contributed by atoms with E-state index >= 15 is 0 Å². The molecule has 1 heterocycles. The number of ether oxygens (including phenoxy) is 1. The molecular formula is C22H19N5O3. The van der Waals surface area contributed by atoms with Crippen molar-refractivity contribution in [2.75, 3.05) is 17.7 Å². The van der Waals surface area contributed by atoms with Crippen LogP contribution in [0.4, 0.5) is 17.2 Å². The number of nitrogens with one attached hydrogen (secondary N) is 2. The third kappa shape index (κ3) is 3.79. The average Bonchev–Trinajstić information content (AvgIpc) is 3.12. The quantitative estimate of drug-likeness (QED) is 0.275. The number of anilines is 3. The lowest BCUT2D eigenvalue weighted by atomic mass is 10.1. The summed E-state index contributed by atoms with van der Waals surface area (Å²) in [5, 5.41) is 25.2. The van der Waals surface area contributed by atoms with E-state index in [1.165, 1.54) is 6.21 Å². The molecule has 0 aliphatic heterocycles. The second kappa shape index (κ2) is 7.96. The Balaban J connectivity index is 1.69. The molecule has 0 radical (unpaired) electrons. The highest BCUT2D eigenvalue weighted by Gasteiger charge is 2.12. The van der Waals surface area contributed by atoms with Crippen molar-refractivity contribution in [2.24, 2.45) is 0 Å². The molecule has 4 rings (SSSR count). The second-order valence-electron chi connectivity index (χ2n) is 6.57. The third-order valence-corrected chi connectivity index (χ3v) is 4.54. The van der Waals surface area contributed by atoms with Crippen LogP contribution in [0.15, 0.2) is 66.7 Å². The monoisotopic (exact) mass is 401 g/mol. The number of carboxylic acids is 1. The minimum atomic E-state index is -1.03. The lowest BCUT2D eigenvalue weighted by molar-refractivity contribution is -0.139. The number of nitrogen functional groups attached to an aromatic ring is 1. The van der Waals surface area contributed by atoms with E-state index in [1.54, 1.807) is 28.9 Å². The maximum atomic E-state index is 10.7. The van der Waals surface area contributed by atoms with Crippen LogP contribution in [0.3, 0.4) is 0 Å². The number of hydrogen-bond acceptors (Lipinski definition) is 6. The first-order valence-corrected chi connectivity index (χ1v) is 9.15. The van der Waals surface area contributed by atoms with Crippen LogP contribution in [-0.4, -0.2) is 33.7 Å². The number of para-hydroxylation sites is 1. The van der Waals surface area contributed by atoms with Crippen LogP contribution < -0.4 is 15.8 Å². The predicted molar refractivity (Wildman–Crippen MR) is 116 cm³/mol. The zero-order valence-corrected chi connectivity index (χ0v) is 15.9. The number of carboxylic acid groups (broad SMARTS) is 1. The van der Waals surface area contributed by atoms with Gasteiger partial charge in [-0.25, -0.2) is 9.48 Å². The van der Waals surface area contributed by atoms with Crippen LogP contribution >= 0.6 is 0 Å². The van der Waals surface area contributed by atoms with Gasteiger partial charge in [-0.3, -0.25) is 0 Å². The molecule has 0 fully saturated rings. The van der Waals surface area contributed by atoms with Gasteiger partial charge in [0.05, 0.1) is 11.2 Å². The molecule has 0 atom stereocenters. The fourth-order valence-corrected chi connectivity index (χ4v) is 3.10. The van der Waals surface area contributed by atoms with Gasteiger partial charge in [0.1, 0.15) is 5.75 Å². The number of carbonyl (C=O) groups is 1. The Morgan fingerprint density at radius 3 is 2.67 bits per heavy atom. The molecule has 0 bridgehead atoms. The Kier molecular flexibility index (Phi) is 5.04. The normalized spacial score (nSPS) is 10.7. The summed E-state index contributed by atoms with van der Waals surface area (Å²) in [5.74, 6) is 0.108. The van der Waals surface area contributed by atoms with Gasteiger partial charge in [0.25, 0.3) is 0 Å². The lowest BCUT2D eigenvalue weighted by Gasteiger charge is -2.07. The van der Waals surface area contributed by atoms with E-state index in [4.69, 9.17) is 26.1 Å². The van der Waals surface area contributed by atoms with Gasteiger partial charge in [-0.2, -0.15) is 0 Å². The number of fused-ring (bicyclic) bond motifs is 1. The van der Waals surface area contributed by atoms with Crippen molar-refractivity contribution in [3.8, 4) is 11.4 Å². The molecule has 0 aliphatic carbocycles. The molecule has 4 aromatic rings. The van der Waals surface area contributed by atoms with Gasteiger partial charge >= 0.3 is 5.97 Å². The Morgan fingerprint density at radius 1 is 1.17 bits per heavy atom. The van der Waals surface area contributed by atoms with E-state index < -0.39 is 12.6 Å². The van der Waals surface area contributed by atoms with Crippen LogP contribution in [-0.2, 0) is 4.79 Å². The first-order chi connectivity index (χ1) is 14.5. The van der Waals surface area contributed by atoms with Gasteiger partial charge in [0, 0.05) is 28.5 Å². The van der Waals surface area contributed by atoms with Gasteiger partial charge in [0.2, 0.25) is 0 Å². The molecule has 150 valence electrons. The number of hydrogen-bond donors (Lipinski definition) is 4. The van der Waals surface area contributed by atoms with E-state index in [0.717, 1.165) is 22.3 Å². The molecule has 0 saturated carbocycles. The van der Waals surface area contributed by atoms with Crippen molar-refractivity contribution in [1.82, 2.24) is 9.78 Å². The molecule has 1 aromatic heterocycles. The zero-order chi connectivity index (χ0) is 21.1. The van der Waals surface area contributed by atoms with Crippen LogP contribution in [0.1, 0.15) is 5.56 Å². The van der Waals surface area contributed by atoms with E-state index in [-0.39, 0.29) is 0 Å². The molecule has 3 aromatic carbocycles. The lowest BCUT2D eigenvalue weighted by Crippen LogP contribution is -2.09. The average molecular weight is 401 g/mol. The first kappa shape index (κ1) is 19.0. The Hall–Kier alpha value is -4.33. The largest absolute Gasteiger partial charge is 0.482 e. The maximum Gasteiger partial charge on any atom is 0.341 e. The van der Waals surface area contributed by atoms with Crippen LogP contribution in [0.25, 0.3) is 16.6 Å². The minimum Gasteiger partial charge on any atom is -0.482 e. The molecular weight excluding hydrogens is 382 g/mol. The molecule has 8 heteroatoms. The van der Waals surface area contributed by atoms with E-state index in [2.05, 4.69) is 5.32 Å². The maximum absolute atomic E-state index is 10.7. The Bertz CT molecular complexity index is 1230.